The summed E-state index contributed by atoms with van der Waals surface area (Å²) in [6, 6.07) is 1.94. The van der Waals surface area contributed by atoms with Crippen molar-refractivity contribution in [2.75, 3.05) is 55.6 Å². The lowest BCUT2D eigenvalue weighted by Crippen LogP contribution is -2.48. The highest BCUT2D eigenvalue weighted by atomic mass is 16.3. The molecule has 1 unspecified atom stereocenters. The molecule has 140 valence electrons. The average molecular weight is 358 g/mol. The monoisotopic (exact) mass is 358 g/mol. The molecule has 2 aliphatic heterocycles. The fourth-order valence-corrected chi connectivity index (χ4v) is 3.59. The Kier molecular flexibility index (Phi) is 5.26. The third kappa shape index (κ3) is 4.10. The fourth-order valence-electron chi connectivity index (χ4n) is 3.59. The summed E-state index contributed by atoms with van der Waals surface area (Å²) in [5, 5.41) is 14.0. The average Bonchev–Trinajstić information content (AvgIpc) is 3.21. The molecular weight excluding hydrogens is 332 g/mol. The number of piperidine rings is 1. The first-order chi connectivity index (χ1) is 12.8. The number of aromatic nitrogens is 5. The van der Waals surface area contributed by atoms with Crippen LogP contribution in [0, 0.1) is 0 Å². The van der Waals surface area contributed by atoms with Gasteiger partial charge in [-0.2, -0.15) is 10.1 Å². The van der Waals surface area contributed by atoms with E-state index < -0.39 is 0 Å². The maximum Gasteiger partial charge on any atom is 0.227 e. The van der Waals surface area contributed by atoms with E-state index in [1.165, 1.54) is 0 Å². The minimum absolute atomic E-state index is 0.254. The molecule has 2 saturated heterocycles. The smallest absolute Gasteiger partial charge is 0.227 e. The standard InChI is InChI=1S/C17H26N8O/c26-15-2-1-5-24(12-15)16-3-4-19-17(21-16)23-9-6-22(7-10-23)8-11-25-14-18-13-20-25/h3-4,13-15,26H,1-2,5-12H2. The van der Waals surface area contributed by atoms with Crippen LogP contribution in [0.4, 0.5) is 11.8 Å². The molecule has 4 rings (SSSR count). The van der Waals surface area contributed by atoms with Crippen LogP contribution in [0.25, 0.3) is 0 Å². The number of aliphatic hydroxyl groups is 1. The van der Waals surface area contributed by atoms with Crippen LogP contribution in [-0.2, 0) is 6.54 Å². The highest BCUT2D eigenvalue weighted by Gasteiger charge is 2.22. The SMILES string of the molecule is OC1CCCN(c2ccnc(N3CCN(CCn4cncn4)CC3)n2)C1. The van der Waals surface area contributed by atoms with Gasteiger partial charge in [-0.05, 0) is 18.9 Å². The molecule has 2 fully saturated rings. The first-order valence-corrected chi connectivity index (χ1v) is 9.34. The van der Waals surface area contributed by atoms with Crippen molar-refractivity contribution in [2.45, 2.75) is 25.5 Å². The Bertz CT molecular complexity index is 686. The van der Waals surface area contributed by atoms with Crippen LogP contribution in [0.2, 0.25) is 0 Å². The topological polar surface area (TPSA) is 86.4 Å². The molecule has 0 radical (unpaired) electrons. The fraction of sp³-hybridized carbons (Fsp3) is 0.647. The van der Waals surface area contributed by atoms with E-state index in [1.54, 1.807) is 12.7 Å². The number of rotatable bonds is 5. The zero-order valence-electron chi connectivity index (χ0n) is 15.0. The molecule has 9 nitrogen and oxygen atoms in total. The third-order valence-corrected chi connectivity index (χ3v) is 5.12. The number of piperazine rings is 1. The van der Waals surface area contributed by atoms with Gasteiger partial charge in [0.1, 0.15) is 18.5 Å². The molecule has 0 saturated carbocycles. The summed E-state index contributed by atoms with van der Waals surface area (Å²) < 4.78 is 1.87. The van der Waals surface area contributed by atoms with Crippen molar-refractivity contribution < 1.29 is 5.11 Å². The summed E-state index contributed by atoms with van der Waals surface area (Å²) in [7, 11) is 0. The van der Waals surface area contributed by atoms with Gasteiger partial charge < -0.3 is 14.9 Å². The second kappa shape index (κ2) is 7.96. The molecule has 1 atom stereocenters. The van der Waals surface area contributed by atoms with Gasteiger partial charge in [-0.3, -0.25) is 9.58 Å². The number of aliphatic hydroxyl groups excluding tert-OH is 1. The van der Waals surface area contributed by atoms with E-state index in [0.717, 1.165) is 70.4 Å². The van der Waals surface area contributed by atoms with Crippen molar-refractivity contribution in [3.8, 4) is 0 Å². The Labute approximate surface area is 153 Å². The molecule has 0 amide bonds. The lowest BCUT2D eigenvalue weighted by molar-refractivity contribution is 0.154. The zero-order valence-corrected chi connectivity index (χ0v) is 15.0. The maximum atomic E-state index is 9.90. The Hall–Kier alpha value is -2.26. The lowest BCUT2D eigenvalue weighted by Gasteiger charge is -2.35. The van der Waals surface area contributed by atoms with Gasteiger partial charge in [-0.15, -0.1) is 0 Å². The maximum absolute atomic E-state index is 9.90. The second-order valence-corrected chi connectivity index (χ2v) is 6.94. The van der Waals surface area contributed by atoms with Crippen LogP contribution >= 0.6 is 0 Å². The van der Waals surface area contributed by atoms with Crippen LogP contribution < -0.4 is 9.80 Å². The van der Waals surface area contributed by atoms with Crippen molar-refractivity contribution >= 4 is 11.8 Å². The number of anilines is 2. The number of β-amino-alcohol motifs (C(OH)–C–C–N with tert-alkyl or cyclic N) is 1. The van der Waals surface area contributed by atoms with Crippen molar-refractivity contribution in [3.05, 3.63) is 24.9 Å². The molecular formula is C17H26N8O. The van der Waals surface area contributed by atoms with E-state index in [9.17, 15) is 5.11 Å². The molecule has 9 heteroatoms. The van der Waals surface area contributed by atoms with E-state index in [-0.39, 0.29) is 6.10 Å². The van der Waals surface area contributed by atoms with Crippen LogP contribution in [0.3, 0.4) is 0 Å². The minimum atomic E-state index is -0.254. The van der Waals surface area contributed by atoms with E-state index >= 15 is 0 Å². The first kappa shape index (κ1) is 17.2. The summed E-state index contributed by atoms with van der Waals surface area (Å²) in [5.74, 6) is 1.71. The first-order valence-electron chi connectivity index (χ1n) is 9.34. The molecule has 4 heterocycles. The van der Waals surface area contributed by atoms with Crippen LogP contribution in [-0.4, -0.2) is 86.7 Å². The predicted octanol–water partition coefficient (Wildman–Crippen LogP) is -0.149. The van der Waals surface area contributed by atoms with Crippen molar-refractivity contribution in [2.24, 2.45) is 0 Å². The normalized spacial score (nSPS) is 22.0. The van der Waals surface area contributed by atoms with Gasteiger partial charge in [0.2, 0.25) is 5.95 Å². The molecule has 2 aromatic heterocycles. The van der Waals surface area contributed by atoms with Crippen LogP contribution in [0.1, 0.15) is 12.8 Å². The predicted molar refractivity (Wildman–Crippen MR) is 98.2 cm³/mol. The quantitative estimate of drug-likeness (QED) is 0.790. The number of hydrogen-bond acceptors (Lipinski definition) is 8. The molecule has 0 spiro atoms. The zero-order chi connectivity index (χ0) is 17.8. The van der Waals surface area contributed by atoms with E-state index in [4.69, 9.17) is 4.98 Å². The van der Waals surface area contributed by atoms with Crippen molar-refractivity contribution in [1.82, 2.24) is 29.6 Å². The van der Waals surface area contributed by atoms with Gasteiger partial charge in [0.05, 0.1) is 12.6 Å². The van der Waals surface area contributed by atoms with E-state index in [1.807, 2.05) is 16.9 Å². The van der Waals surface area contributed by atoms with Crippen LogP contribution in [0.5, 0.6) is 0 Å². The molecule has 26 heavy (non-hydrogen) atoms. The molecule has 2 aliphatic rings. The second-order valence-electron chi connectivity index (χ2n) is 6.94. The molecule has 0 aliphatic carbocycles. The highest BCUT2D eigenvalue weighted by Crippen LogP contribution is 2.20. The Morgan fingerprint density at radius 2 is 1.96 bits per heavy atom. The molecule has 2 aromatic rings. The van der Waals surface area contributed by atoms with E-state index in [2.05, 4.69) is 29.8 Å². The van der Waals surface area contributed by atoms with E-state index in [0.29, 0.717) is 6.54 Å². The Balaban J connectivity index is 1.32. The summed E-state index contributed by atoms with van der Waals surface area (Å²) in [6.07, 6.45) is 6.79. The van der Waals surface area contributed by atoms with Gasteiger partial charge in [-0.1, -0.05) is 0 Å². The molecule has 0 aromatic carbocycles. The largest absolute Gasteiger partial charge is 0.391 e. The Morgan fingerprint density at radius 3 is 2.73 bits per heavy atom. The van der Waals surface area contributed by atoms with Gasteiger partial charge in [0.15, 0.2) is 0 Å². The molecule has 1 N–H and O–H groups in total. The van der Waals surface area contributed by atoms with Gasteiger partial charge in [0, 0.05) is 52.0 Å². The minimum Gasteiger partial charge on any atom is -0.391 e. The number of hydrogen-bond donors (Lipinski definition) is 1. The lowest BCUT2D eigenvalue weighted by atomic mass is 10.1. The van der Waals surface area contributed by atoms with Gasteiger partial charge >= 0.3 is 0 Å². The summed E-state index contributed by atoms with van der Waals surface area (Å²) in [6.45, 7) is 7.27. The van der Waals surface area contributed by atoms with Crippen molar-refractivity contribution in [1.29, 1.82) is 0 Å². The molecule has 0 bridgehead atoms. The highest BCUT2D eigenvalue weighted by molar-refractivity contribution is 5.44. The van der Waals surface area contributed by atoms with Crippen molar-refractivity contribution in [3.63, 3.8) is 0 Å². The summed E-state index contributed by atoms with van der Waals surface area (Å²) >= 11 is 0. The van der Waals surface area contributed by atoms with Gasteiger partial charge in [0.25, 0.3) is 0 Å². The summed E-state index contributed by atoms with van der Waals surface area (Å²) in [5.41, 5.74) is 0. The number of nitrogens with zero attached hydrogens (tertiary/aromatic N) is 8. The summed E-state index contributed by atoms with van der Waals surface area (Å²) in [4.78, 5) is 20.0. The van der Waals surface area contributed by atoms with Crippen LogP contribution in [0.15, 0.2) is 24.9 Å². The third-order valence-electron chi connectivity index (χ3n) is 5.12. The Morgan fingerprint density at radius 1 is 1.08 bits per heavy atom. The van der Waals surface area contributed by atoms with Gasteiger partial charge in [-0.25, -0.2) is 9.97 Å².